The quantitative estimate of drug-likeness (QED) is 0.686. The Morgan fingerprint density at radius 3 is 2.71 bits per heavy atom. The topological polar surface area (TPSA) is 109 Å². The number of aromatic nitrogens is 2. The first-order valence-corrected chi connectivity index (χ1v) is 10.4. The van der Waals surface area contributed by atoms with Gasteiger partial charge in [-0.2, -0.15) is 10.4 Å². The zero-order chi connectivity index (χ0) is 22.6. The Balaban J connectivity index is 1.92. The predicted molar refractivity (Wildman–Crippen MR) is 113 cm³/mol. The largest absolute Gasteiger partial charge is 0.381 e. The number of benzene rings is 1. The number of fused-ring (bicyclic) bond motifs is 1. The van der Waals surface area contributed by atoms with Gasteiger partial charge in [0.1, 0.15) is 23.9 Å². The first-order valence-electron chi connectivity index (χ1n) is 10.4. The van der Waals surface area contributed by atoms with Crippen molar-refractivity contribution < 1.29 is 18.7 Å². The van der Waals surface area contributed by atoms with Crippen LogP contribution in [0.15, 0.2) is 18.2 Å². The molecule has 31 heavy (non-hydrogen) atoms. The third kappa shape index (κ3) is 5.20. The van der Waals surface area contributed by atoms with Gasteiger partial charge >= 0.3 is 0 Å². The van der Waals surface area contributed by atoms with Crippen LogP contribution in [0.4, 0.5) is 4.39 Å². The standard InChI is InChI=1S/C22H28FN5O3/c1-22(2,3)19(21(30)25-10-9-24)26-20(29)17-15-5-4-6-16(23)18(15)28(27-17)13-14-7-11-31-12-8-14/h4-6,14,19H,7-8,10-13H2,1-3H3,(H,25,30)(H,26,29)/t19-/m1/s1. The Morgan fingerprint density at radius 2 is 2.06 bits per heavy atom. The predicted octanol–water partition coefficient (Wildman–Crippen LogP) is 2.39. The van der Waals surface area contributed by atoms with E-state index in [2.05, 4.69) is 15.7 Å². The molecule has 8 nitrogen and oxygen atoms in total. The molecule has 0 radical (unpaired) electrons. The molecule has 1 fully saturated rings. The van der Waals surface area contributed by atoms with Crippen molar-refractivity contribution in [1.29, 1.82) is 5.26 Å². The van der Waals surface area contributed by atoms with Crippen molar-refractivity contribution in [2.24, 2.45) is 11.3 Å². The van der Waals surface area contributed by atoms with Crippen LogP contribution in [0, 0.1) is 28.5 Å². The minimum atomic E-state index is -0.891. The third-order valence-corrected chi connectivity index (χ3v) is 5.45. The normalized spacial score (nSPS) is 16.0. The fourth-order valence-electron chi connectivity index (χ4n) is 3.77. The van der Waals surface area contributed by atoms with Crippen molar-refractivity contribution in [3.8, 4) is 6.07 Å². The van der Waals surface area contributed by atoms with Crippen molar-refractivity contribution in [2.45, 2.75) is 46.2 Å². The summed E-state index contributed by atoms with van der Waals surface area (Å²) in [5, 5.41) is 18.8. The molecule has 0 saturated carbocycles. The van der Waals surface area contributed by atoms with Gasteiger partial charge in [-0.15, -0.1) is 0 Å². The van der Waals surface area contributed by atoms with E-state index < -0.39 is 29.1 Å². The number of nitriles is 1. The highest BCUT2D eigenvalue weighted by Gasteiger charge is 2.34. The second-order valence-electron chi connectivity index (χ2n) is 8.87. The lowest BCUT2D eigenvalue weighted by atomic mass is 9.86. The van der Waals surface area contributed by atoms with E-state index in [-0.39, 0.29) is 23.7 Å². The summed E-state index contributed by atoms with van der Waals surface area (Å²) in [5.74, 6) is -1.19. The molecule has 166 valence electrons. The van der Waals surface area contributed by atoms with Gasteiger partial charge in [-0.3, -0.25) is 14.3 Å². The Labute approximate surface area is 180 Å². The summed E-state index contributed by atoms with van der Waals surface area (Å²) in [4.78, 5) is 25.7. The summed E-state index contributed by atoms with van der Waals surface area (Å²) in [6.07, 6.45) is 1.70. The van der Waals surface area contributed by atoms with Crippen molar-refractivity contribution in [3.63, 3.8) is 0 Å². The molecule has 0 unspecified atom stereocenters. The van der Waals surface area contributed by atoms with Gasteiger partial charge in [0.15, 0.2) is 5.69 Å². The van der Waals surface area contributed by atoms with Crippen LogP contribution in [-0.2, 0) is 16.1 Å². The number of carbonyl (C=O) groups is 2. The molecule has 0 spiro atoms. The van der Waals surface area contributed by atoms with Gasteiger partial charge in [0.05, 0.1) is 6.07 Å². The Hall–Kier alpha value is -2.99. The molecule has 1 aromatic carbocycles. The first-order chi connectivity index (χ1) is 14.7. The zero-order valence-corrected chi connectivity index (χ0v) is 18.1. The second-order valence-corrected chi connectivity index (χ2v) is 8.87. The number of hydrogen-bond acceptors (Lipinski definition) is 5. The number of nitrogens with one attached hydrogen (secondary N) is 2. The van der Waals surface area contributed by atoms with E-state index >= 15 is 0 Å². The van der Waals surface area contributed by atoms with E-state index in [0.717, 1.165) is 12.8 Å². The summed E-state index contributed by atoms with van der Waals surface area (Å²) in [6, 6.07) is 5.50. The number of hydrogen-bond donors (Lipinski definition) is 2. The molecule has 1 atom stereocenters. The summed E-state index contributed by atoms with van der Waals surface area (Å²) in [6.45, 7) is 7.08. The van der Waals surface area contributed by atoms with Crippen molar-refractivity contribution in [1.82, 2.24) is 20.4 Å². The van der Waals surface area contributed by atoms with Crippen LogP contribution in [0.3, 0.4) is 0 Å². The average molecular weight is 429 g/mol. The molecule has 0 aliphatic carbocycles. The molecule has 1 saturated heterocycles. The van der Waals surface area contributed by atoms with Crippen molar-refractivity contribution in [2.75, 3.05) is 19.8 Å². The Bertz CT molecular complexity index is 999. The van der Waals surface area contributed by atoms with E-state index in [4.69, 9.17) is 10.00 Å². The molecule has 2 aromatic rings. The van der Waals surface area contributed by atoms with Gasteiger partial charge in [0, 0.05) is 25.1 Å². The van der Waals surface area contributed by atoms with Crippen LogP contribution < -0.4 is 10.6 Å². The fraction of sp³-hybridized carbons (Fsp3) is 0.545. The summed E-state index contributed by atoms with van der Waals surface area (Å²) < 4.78 is 21.6. The highest BCUT2D eigenvalue weighted by Crippen LogP contribution is 2.26. The van der Waals surface area contributed by atoms with Crippen LogP contribution in [0.2, 0.25) is 0 Å². The molecule has 0 bridgehead atoms. The molecule has 3 rings (SSSR count). The molecule has 1 aromatic heterocycles. The van der Waals surface area contributed by atoms with Crippen LogP contribution in [0.25, 0.3) is 10.9 Å². The summed E-state index contributed by atoms with van der Waals surface area (Å²) in [7, 11) is 0. The van der Waals surface area contributed by atoms with E-state index in [0.29, 0.717) is 25.1 Å². The van der Waals surface area contributed by atoms with Gasteiger partial charge in [0.25, 0.3) is 5.91 Å². The zero-order valence-electron chi connectivity index (χ0n) is 18.1. The number of para-hydroxylation sites is 1. The average Bonchev–Trinajstić information content (AvgIpc) is 3.09. The molecule has 9 heteroatoms. The smallest absolute Gasteiger partial charge is 0.273 e. The van der Waals surface area contributed by atoms with Crippen LogP contribution in [0.1, 0.15) is 44.1 Å². The maximum Gasteiger partial charge on any atom is 0.273 e. The lowest BCUT2D eigenvalue weighted by Gasteiger charge is -2.29. The molecule has 2 N–H and O–H groups in total. The monoisotopic (exact) mass is 429 g/mol. The van der Waals surface area contributed by atoms with Crippen molar-refractivity contribution >= 4 is 22.7 Å². The molecule has 1 aliphatic rings. The van der Waals surface area contributed by atoms with Crippen LogP contribution >= 0.6 is 0 Å². The van der Waals surface area contributed by atoms with Gasteiger partial charge in [-0.05, 0) is 30.2 Å². The number of nitrogens with zero attached hydrogens (tertiary/aromatic N) is 3. The van der Waals surface area contributed by atoms with Crippen LogP contribution in [-0.4, -0.2) is 47.4 Å². The molecular formula is C22H28FN5O3. The molecule has 1 aliphatic heterocycles. The second kappa shape index (κ2) is 9.43. The minimum Gasteiger partial charge on any atom is -0.381 e. The third-order valence-electron chi connectivity index (χ3n) is 5.45. The van der Waals surface area contributed by atoms with E-state index in [9.17, 15) is 14.0 Å². The Morgan fingerprint density at radius 1 is 1.35 bits per heavy atom. The maximum absolute atomic E-state index is 14.7. The van der Waals surface area contributed by atoms with E-state index in [1.807, 2.05) is 26.8 Å². The van der Waals surface area contributed by atoms with Crippen molar-refractivity contribution in [3.05, 3.63) is 29.7 Å². The highest BCUT2D eigenvalue weighted by molar-refractivity contribution is 6.06. The molecular weight excluding hydrogens is 401 g/mol. The Kier molecular flexibility index (Phi) is 6.91. The van der Waals surface area contributed by atoms with Crippen LogP contribution in [0.5, 0.6) is 0 Å². The first kappa shape index (κ1) is 22.7. The molecule has 2 heterocycles. The number of halogens is 1. The lowest BCUT2D eigenvalue weighted by Crippen LogP contribution is -2.53. The minimum absolute atomic E-state index is 0.0730. The lowest BCUT2D eigenvalue weighted by molar-refractivity contribution is -0.125. The van der Waals surface area contributed by atoms with E-state index in [1.54, 1.807) is 10.7 Å². The highest BCUT2D eigenvalue weighted by atomic mass is 19.1. The maximum atomic E-state index is 14.7. The van der Waals surface area contributed by atoms with Gasteiger partial charge in [0.2, 0.25) is 5.91 Å². The fourth-order valence-corrected chi connectivity index (χ4v) is 3.77. The summed E-state index contributed by atoms with van der Waals surface area (Å²) in [5.41, 5.74) is -0.259. The van der Waals surface area contributed by atoms with E-state index in [1.165, 1.54) is 12.1 Å². The number of ether oxygens (including phenoxy) is 1. The summed E-state index contributed by atoms with van der Waals surface area (Å²) >= 11 is 0. The molecule has 2 amide bonds. The van der Waals surface area contributed by atoms with Gasteiger partial charge in [-0.1, -0.05) is 32.9 Å². The van der Waals surface area contributed by atoms with Gasteiger partial charge in [-0.25, -0.2) is 4.39 Å². The number of carbonyl (C=O) groups excluding carboxylic acids is 2. The number of amides is 2. The number of rotatable bonds is 6. The SMILES string of the molecule is CC(C)(C)[C@H](NC(=O)c1nn(CC2CCOCC2)c2c(F)cccc12)C(=O)NCC#N. The van der Waals surface area contributed by atoms with Gasteiger partial charge < -0.3 is 15.4 Å².